The van der Waals surface area contributed by atoms with Gasteiger partial charge < -0.3 is 4.90 Å². The second-order valence-electron chi connectivity index (χ2n) is 9.20. The zero-order chi connectivity index (χ0) is 22.0. The molecule has 32 heavy (non-hydrogen) atoms. The summed E-state index contributed by atoms with van der Waals surface area (Å²) in [6.45, 7) is 3.79. The number of allylic oxidation sites excluding steroid dienone is 2. The van der Waals surface area contributed by atoms with Crippen LogP contribution in [-0.4, -0.2) is 71.7 Å². The lowest BCUT2D eigenvalue weighted by atomic mass is 9.85. The molecule has 8 heteroatoms. The molecule has 0 N–H and O–H groups in total. The number of carbonyl (C=O) groups excluding carboxylic acids is 3. The number of benzene rings is 1. The minimum absolute atomic E-state index is 0.0171. The number of likely N-dealkylation sites (tertiary alicyclic amines) is 1. The Bertz CT molecular complexity index is 1120. The fourth-order valence-electron chi connectivity index (χ4n) is 5.90. The smallest absolute Gasteiger partial charge is 0.265 e. The number of hydrogen-bond acceptors (Lipinski definition) is 5. The number of amides is 3. The molecule has 4 aliphatic rings. The molecular weight excluding hydrogens is 446 g/mol. The van der Waals surface area contributed by atoms with E-state index in [-0.39, 0.29) is 41.4 Å². The molecule has 1 aromatic carbocycles. The Morgan fingerprint density at radius 2 is 1.62 bits per heavy atom. The van der Waals surface area contributed by atoms with Crippen LogP contribution in [0, 0.1) is 23.7 Å². The van der Waals surface area contributed by atoms with E-state index in [2.05, 4.69) is 17.1 Å². The Morgan fingerprint density at radius 1 is 0.969 bits per heavy atom. The van der Waals surface area contributed by atoms with Crippen molar-refractivity contribution in [2.45, 2.75) is 6.42 Å². The number of rotatable bonds is 4. The van der Waals surface area contributed by atoms with Crippen molar-refractivity contribution in [3.8, 4) is 0 Å². The molecule has 6 nitrogen and oxygen atoms in total. The van der Waals surface area contributed by atoms with E-state index in [1.807, 2.05) is 29.2 Å². The Hall–Kier alpha value is -2.22. The van der Waals surface area contributed by atoms with Gasteiger partial charge in [-0.3, -0.25) is 24.2 Å². The van der Waals surface area contributed by atoms with Crippen LogP contribution in [0.4, 0.5) is 0 Å². The van der Waals surface area contributed by atoms with Crippen LogP contribution in [-0.2, 0) is 9.59 Å². The topological polar surface area (TPSA) is 60.9 Å². The van der Waals surface area contributed by atoms with Crippen molar-refractivity contribution in [1.29, 1.82) is 0 Å². The first-order valence-corrected chi connectivity index (χ1v) is 12.4. The summed E-state index contributed by atoms with van der Waals surface area (Å²) < 4.78 is 1.02. The van der Waals surface area contributed by atoms with E-state index < -0.39 is 0 Å². The normalized spacial score (nSPS) is 29.5. The molecular formula is C24H24ClN3O3S. The van der Waals surface area contributed by atoms with Crippen LogP contribution in [0.2, 0.25) is 5.02 Å². The molecule has 3 fully saturated rings. The predicted octanol–water partition coefficient (Wildman–Crippen LogP) is 3.12. The van der Waals surface area contributed by atoms with Crippen LogP contribution in [0.3, 0.4) is 0 Å². The molecule has 3 amide bonds. The van der Waals surface area contributed by atoms with E-state index in [9.17, 15) is 14.4 Å². The van der Waals surface area contributed by atoms with Gasteiger partial charge in [0.25, 0.3) is 5.91 Å². The molecule has 1 aromatic heterocycles. The number of thiophene rings is 1. The second-order valence-corrected chi connectivity index (χ2v) is 10.6. The zero-order valence-corrected chi connectivity index (χ0v) is 19.1. The van der Waals surface area contributed by atoms with Crippen molar-refractivity contribution in [2.75, 3.05) is 39.3 Å². The quantitative estimate of drug-likeness (QED) is 0.510. The van der Waals surface area contributed by atoms with E-state index in [0.29, 0.717) is 36.1 Å². The molecule has 1 saturated carbocycles. The molecule has 2 aliphatic heterocycles. The molecule has 2 aromatic rings. The minimum Gasteiger partial charge on any atom is -0.335 e. The van der Waals surface area contributed by atoms with Gasteiger partial charge in [-0.05, 0) is 24.3 Å². The highest BCUT2D eigenvalue weighted by Crippen LogP contribution is 2.52. The number of fused-ring (bicyclic) bond motifs is 6. The number of piperazine rings is 1. The molecule has 2 bridgehead atoms. The van der Waals surface area contributed by atoms with Crippen LogP contribution in [0.15, 0.2) is 36.4 Å². The predicted molar refractivity (Wildman–Crippen MR) is 124 cm³/mol. The van der Waals surface area contributed by atoms with Gasteiger partial charge in [-0.1, -0.05) is 42.0 Å². The van der Waals surface area contributed by atoms with E-state index in [1.54, 1.807) is 0 Å². The summed E-state index contributed by atoms with van der Waals surface area (Å²) in [5.41, 5.74) is 0. The lowest BCUT2D eigenvalue weighted by Crippen LogP contribution is -2.50. The zero-order valence-electron chi connectivity index (χ0n) is 17.6. The maximum absolute atomic E-state index is 13.1. The molecule has 2 aliphatic carbocycles. The van der Waals surface area contributed by atoms with Crippen molar-refractivity contribution < 1.29 is 14.4 Å². The van der Waals surface area contributed by atoms with Gasteiger partial charge in [0, 0.05) is 49.4 Å². The third-order valence-corrected chi connectivity index (χ3v) is 9.25. The van der Waals surface area contributed by atoms with Gasteiger partial charge >= 0.3 is 0 Å². The van der Waals surface area contributed by atoms with Gasteiger partial charge in [0.15, 0.2) is 0 Å². The number of imide groups is 1. The highest BCUT2D eigenvalue weighted by atomic mass is 35.5. The van der Waals surface area contributed by atoms with E-state index in [4.69, 9.17) is 11.6 Å². The van der Waals surface area contributed by atoms with Crippen molar-refractivity contribution in [1.82, 2.24) is 14.7 Å². The van der Waals surface area contributed by atoms with Crippen LogP contribution < -0.4 is 0 Å². The van der Waals surface area contributed by atoms with Crippen molar-refractivity contribution in [2.24, 2.45) is 23.7 Å². The summed E-state index contributed by atoms with van der Waals surface area (Å²) >= 11 is 7.94. The average molecular weight is 470 g/mol. The molecule has 0 radical (unpaired) electrons. The first-order valence-electron chi connectivity index (χ1n) is 11.2. The van der Waals surface area contributed by atoms with Gasteiger partial charge in [-0.2, -0.15) is 0 Å². The standard InChI is InChI=1S/C24H24ClN3O3S/c25-20-16-3-1-2-4-17(16)32-21(20)24(31)27-10-7-26(8-11-27)9-12-28-22(29)18-14-5-6-15(13-14)19(18)23(28)30/h1-6,14-15,18-19H,7-13H2/t14-,15-,18+,19+/m1/s1. The molecule has 2 saturated heterocycles. The maximum atomic E-state index is 13.1. The Labute approximate surface area is 195 Å². The first-order chi connectivity index (χ1) is 15.5. The Balaban J connectivity index is 1.05. The fourth-order valence-corrected chi connectivity index (χ4v) is 7.38. The highest BCUT2D eigenvalue weighted by Gasteiger charge is 2.59. The van der Waals surface area contributed by atoms with E-state index >= 15 is 0 Å². The summed E-state index contributed by atoms with van der Waals surface area (Å²) in [7, 11) is 0. The van der Waals surface area contributed by atoms with Gasteiger partial charge in [-0.25, -0.2) is 0 Å². The number of carbonyl (C=O) groups is 3. The van der Waals surface area contributed by atoms with E-state index in [0.717, 1.165) is 29.6 Å². The molecule has 3 heterocycles. The number of hydrogen-bond donors (Lipinski definition) is 0. The largest absolute Gasteiger partial charge is 0.335 e. The van der Waals surface area contributed by atoms with Crippen LogP contribution >= 0.6 is 22.9 Å². The molecule has 4 atom stereocenters. The highest BCUT2D eigenvalue weighted by molar-refractivity contribution is 7.21. The van der Waals surface area contributed by atoms with Crippen LogP contribution in [0.25, 0.3) is 10.1 Å². The van der Waals surface area contributed by atoms with Crippen LogP contribution in [0.5, 0.6) is 0 Å². The molecule has 6 rings (SSSR count). The maximum Gasteiger partial charge on any atom is 0.265 e. The third-order valence-electron chi connectivity index (χ3n) is 7.59. The van der Waals surface area contributed by atoms with Gasteiger partial charge in [0.05, 0.1) is 16.9 Å². The summed E-state index contributed by atoms with van der Waals surface area (Å²) in [6, 6.07) is 7.81. The minimum atomic E-state index is -0.127. The fraction of sp³-hybridized carbons (Fsp3) is 0.458. The van der Waals surface area contributed by atoms with Crippen molar-refractivity contribution in [3.63, 3.8) is 0 Å². The molecule has 166 valence electrons. The molecule has 0 spiro atoms. The monoisotopic (exact) mass is 469 g/mol. The Kier molecular flexibility index (Phi) is 4.89. The second kappa shape index (κ2) is 7.68. The molecule has 0 unspecified atom stereocenters. The first kappa shape index (κ1) is 20.4. The number of nitrogens with zero attached hydrogens (tertiary/aromatic N) is 3. The number of halogens is 1. The lowest BCUT2D eigenvalue weighted by molar-refractivity contribution is -0.141. The summed E-state index contributed by atoms with van der Waals surface area (Å²) in [5, 5.41) is 1.47. The van der Waals surface area contributed by atoms with Crippen molar-refractivity contribution >= 4 is 50.7 Å². The van der Waals surface area contributed by atoms with E-state index in [1.165, 1.54) is 16.2 Å². The average Bonchev–Trinajstić information content (AvgIpc) is 3.56. The van der Waals surface area contributed by atoms with Gasteiger partial charge in [0.2, 0.25) is 11.8 Å². The summed E-state index contributed by atoms with van der Waals surface area (Å²) in [4.78, 5) is 44.9. The SMILES string of the molecule is O=C(c1sc2ccccc2c1Cl)N1CCN(CCN2C(=O)[C@@H]3[C@@H](C2=O)[C@@H]2C=C[C@@H]3C2)CC1. The van der Waals surface area contributed by atoms with Crippen molar-refractivity contribution in [3.05, 3.63) is 46.3 Å². The summed E-state index contributed by atoms with van der Waals surface area (Å²) in [6.07, 6.45) is 5.21. The van der Waals surface area contributed by atoms with Crippen LogP contribution in [0.1, 0.15) is 16.1 Å². The third kappa shape index (κ3) is 3.05. The Morgan fingerprint density at radius 3 is 2.28 bits per heavy atom. The lowest BCUT2D eigenvalue weighted by Gasteiger charge is -2.35. The van der Waals surface area contributed by atoms with Gasteiger partial charge in [0.1, 0.15) is 4.88 Å². The summed E-state index contributed by atoms with van der Waals surface area (Å²) in [5.74, 6) is 0.270. The van der Waals surface area contributed by atoms with Gasteiger partial charge in [-0.15, -0.1) is 11.3 Å².